The van der Waals surface area contributed by atoms with Gasteiger partial charge in [-0.2, -0.15) is 5.26 Å². The predicted molar refractivity (Wildman–Crippen MR) is 98.7 cm³/mol. The van der Waals surface area contributed by atoms with Crippen LogP contribution < -0.4 is 14.8 Å². The fourth-order valence-electron chi connectivity index (χ4n) is 2.52. The quantitative estimate of drug-likeness (QED) is 0.613. The van der Waals surface area contributed by atoms with Crippen molar-refractivity contribution in [1.82, 2.24) is 5.32 Å². The van der Waals surface area contributed by atoms with E-state index < -0.39 is 0 Å². The van der Waals surface area contributed by atoms with E-state index in [-0.39, 0.29) is 11.9 Å². The third kappa shape index (κ3) is 8.44. The Morgan fingerprint density at radius 2 is 1.96 bits per heavy atom. The first-order chi connectivity index (χ1) is 12.0. The molecule has 0 radical (unpaired) electrons. The van der Waals surface area contributed by atoms with Gasteiger partial charge in [0.25, 0.3) is 0 Å². The molecule has 0 fully saturated rings. The zero-order valence-corrected chi connectivity index (χ0v) is 15.8. The van der Waals surface area contributed by atoms with E-state index in [1.807, 2.05) is 0 Å². The van der Waals surface area contributed by atoms with Gasteiger partial charge < -0.3 is 14.8 Å². The van der Waals surface area contributed by atoms with E-state index >= 15 is 0 Å². The second-order valence-electron chi connectivity index (χ2n) is 6.72. The van der Waals surface area contributed by atoms with Crippen LogP contribution in [0.5, 0.6) is 11.5 Å². The SMILES string of the molecule is COc1cc(C#N)ccc1OCCCC(=O)NC(C)CCCC(C)C. The molecule has 1 amide bonds. The van der Waals surface area contributed by atoms with Gasteiger partial charge in [0.1, 0.15) is 0 Å². The number of hydrogen-bond donors (Lipinski definition) is 1. The summed E-state index contributed by atoms with van der Waals surface area (Å²) in [5.74, 6) is 1.89. The summed E-state index contributed by atoms with van der Waals surface area (Å²) in [5.41, 5.74) is 0.523. The second-order valence-corrected chi connectivity index (χ2v) is 6.72. The van der Waals surface area contributed by atoms with Crippen molar-refractivity contribution >= 4 is 5.91 Å². The van der Waals surface area contributed by atoms with Gasteiger partial charge in [0.05, 0.1) is 25.3 Å². The van der Waals surface area contributed by atoms with Gasteiger partial charge in [0.15, 0.2) is 11.5 Å². The van der Waals surface area contributed by atoms with Crippen molar-refractivity contribution in [3.63, 3.8) is 0 Å². The number of nitrogens with zero attached hydrogens (tertiary/aromatic N) is 1. The second kappa shape index (κ2) is 11.4. The normalized spacial score (nSPS) is 11.7. The van der Waals surface area contributed by atoms with Crippen LogP contribution in [0.25, 0.3) is 0 Å². The highest BCUT2D eigenvalue weighted by Gasteiger charge is 2.09. The van der Waals surface area contributed by atoms with E-state index in [0.717, 1.165) is 12.8 Å². The summed E-state index contributed by atoms with van der Waals surface area (Å²) < 4.78 is 10.9. The number of amides is 1. The van der Waals surface area contributed by atoms with Gasteiger partial charge in [-0.15, -0.1) is 0 Å². The molecule has 1 unspecified atom stereocenters. The minimum Gasteiger partial charge on any atom is -0.493 e. The molecule has 0 saturated heterocycles. The van der Waals surface area contributed by atoms with Crippen LogP contribution >= 0.6 is 0 Å². The highest BCUT2D eigenvalue weighted by molar-refractivity contribution is 5.76. The third-order valence-electron chi connectivity index (χ3n) is 3.92. The van der Waals surface area contributed by atoms with Crippen molar-refractivity contribution in [2.75, 3.05) is 13.7 Å². The molecule has 0 aliphatic heterocycles. The lowest BCUT2D eigenvalue weighted by Gasteiger charge is -2.15. The summed E-state index contributed by atoms with van der Waals surface area (Å²) in [7, 11) is 1.54. The Balaban J connectivity index is 2.27. The highest BCUT2D eigenvalue weighted by Crippen LogP contribution is 2.27. The standard InChI is InChI=1S/C20H30N2O3/c1-15(2)7-5-8-16(3)22-20(23)9-6-12-25-18-11-10-17(14-21)13-19(18)24-4/h10-11,13,15-16H,5-9,12H2,1-4H3,(H,22,23). The molecule has 138 valence electrons. The van der Waals surface area contributed by atoms with E-state index in [0.29, 0.717) is 42.4 Å². The summed E-state index contributed by atoms with van der Waals surface area (Å²) in [4.78, 5) is 11.9. The molecular formula is C20H30N2O3. The Bertz CT molecular complexity index is 579. The van der Waals surface area contributed by atoms with Gasteiger partial charge in [-0.3, -0.25) is 4.79 Å². The van der Waals surface area contributed by atoms with Crippen molar-refractivity contribution in [3.8, 4) is 17.6 Å². The third-order valence-corrected chi connectivity index (χ3v) is 3.92. The van der Waals surface area contributed by atoms with Crippen molar-refractivity contribution in [1.29, 1.82) is 5.26 Å². The zero-order valence-electron chi connectivity index (χ0n) is 15.8. The molecule has 0 aromatic heterocycles. The van der Waals surface area contributed by atoms with Crippen molar-refractivity contribution < 1.29 is 14.3 Å². The summed E-state index contributed by atoms with van der Waals surface area (Å²) >= 11 is 0. The van der Waals surface area contributed by atoms with Gasteiger partial charge in [-0.05, 0) is 37.8 Å². The minimum absolute atomic E-state index is 0.0624. The maximum absolute atomic E-state index is 11.9. The van der Waals surface area contributed by atoms with Crippen LogP contribution in [0.4, 0.5) is 0 Å². The van der Waals surface area contributed by atoms with E-state index in [2.05, 4.69) is 32.2 Å². The lowest BCUT2D eigenvalue weighted by Crippen LogP contribution is -2.32. The number of methoxy groups -OCH3 is 1. The Morgan fingerprint density at radius 3 is 2.60 bits per heavy atom. The number of rotatable bonds is 11. The first kappa shape index (κ1) is 20.8. The summed E-state index contributed by atoms with van der Waals surface area (Å²) in [6, 6.07) is 7.32. The van der Waals surface area contributed by atoms with Crippen molar-refractivity contribution in [2.45, 2.75) is 58.9 Å². The molecule has 1 aromatic carbocycles. The maximum Gasteiger partial charge on any atom is 0.220 e. The lowest BCUT2D eigenvalue weighted by molar-refractivity contribution is -0.121. The first-order valence-electron chi connectivity index (χ1n) is 8.96. The lowest BCUT2D eigenvalue weighted by atomic mass is 10.0. The fraction of sp³-hybridized carbons (Fsp3) is 0.600. The van der Waals surface area contributed by atoms with Crippen LogP contribution in [0.1, 0.15) is 58.4 Å². The van der Waals surface area contributed by atoms with Gasteiger partial charge in [-0.25, -0.2) is 0 Å². The number of ether oxygens (including phenoxy) is 2. The van der Waals surface area contributed by atoms with E-state index in [4.69, 9.17) is 14.7 Å². The Kier molecular flexibility index (Phi) is 9.46. The summed E-state index contributed by atoms with van der Waals surface area (Å²) in [5, 5.41) is 11.9. The molecule has 5 nitrogen and oxygen atoms in total. The number of nitriles is 1. The number of carbonyl (C=O) groups is 1. The summed E-state index contributed by atoms with van der Waals surface area (Å²) in [6.45, 7) is 6.91. The van der Waals surface area contributed by atoms with Gasteiger partial charge in [0.2, 0.25) is 5.91 Å². The van der Waals surface area contributed by atoms with E-state index in [9.17, 15) is 4.79 Å². The highest BCUT2D eigenvalue weighted by atomic mass is 16.5. The molecule has 1 N–H and O–H groups in total. The fourth-order valence-corrected chi connectivity index (χ4v) is 2.52. The molecule has 0 spiro atoms. The molecular weight excluding hydrogens is 316 g/mol. The average Bonchev–Trinajstić information content (AvgIpc) is 2.58. The number of carbonyl (C=O) groups excluding carboxylic acids is 1. The Hall–Kier alpha value is -2.22. The van der Waals surface area contributed by atoms with Crippen LogP contribution in [-0.4, -0.2) is 25.7 Å². The molecule has 1 atom stereocenters. The molecule has 0 heterocycles. The van der Waals surface area contributed by atoms with Gasteiger partial charge in [-0.1, -0.05) is 26.7 Å². The Labute approximate surface area is 151 Å². The van der Waals surface area contributed by atoms with Crippen LogP contribution in [0.3, 0.4) is 0 Å². The largest absolute Gasteiger partial charge is 0.493 e. The monoisotopic (exact) mass is 346 g/mol. The van der Waals surface area contributed by atoms with Gasteiger partial charge in [0, 0.05) is 18.5 Å². The molecule has 0 aliphatic carbocycles. The predicted octanol–water partition coefficient (Wildman–Crippen LogP) is 4.06. The van der Waals surface area contributed by atoms with Crippen molar-refractivity contribution in [2.24, 2.45) is 5.92 Å². The molecule has 5 heteroatoms. The zero-order chi connectivity index (χ0) is 18.7. The first-order valence-corrected chi connectivity index (χ1v) is 8.96. The molecule has 25 heavy (non-hydrogen) atoms. The molecule has 0 aliphatic rings. The molecule has 1 rings (SSSR count). The average molecular weight is 346 g/mol. The van der Waals surface area contributed by atoms with Crippen LogP contribution in [0.2, 0.25) is 0 Å². The van der Waals surface area contributed by atoms with Crippen LogP contribution in [0.15, 0.2) is 18.2 Å². The van der Waals surface area contributed by atoms with Crippen LogP contribution in [0, 0.1) is 17.2 Å². The van der Waals surface area contributed by atoms with E-state index in [1.54, 1.807) is 18.2 Å². The van der Waals surface area contributed by atoms with E-state index in [1.165, 1.54) is 13.5 Å². The number of hydrogen-bond acceptors (Lipinski definition) is 4. The van der Waals surface area contributed by atoms with Crippen molar-refractivity contribution in [3.05, 3.63) is 23.8 Å². The Morgan fingerprint density at radius 1 is 1.20 bits per heavy atom. The topological polar surface area (TPSA) is 71.3 Å². The maximum atomic E-state index is 11.9. The summed E-state index contributed by atoms with van der Waals surface area (Å²) in [6.07, 6.45) is 4.42. The molecule has 0 saturated carbocycles. The number of benzene rings is 1. The van der Waals surface area contributed by atoms with Gasteiger partial charge >= 0.3 is 0 Å². The minimum atomic E-state index is 0.0624. The number of nitrogens with one attached hydrogen (secondary N) is 1. The van der Waals surface area contributed by atoms with Crippen LogP contribution in [-0.2, 0) is 4.79 Å². The molecule has 1 aromatic rings. The smallest absolute Gasteiger partial charge is 0.220 e. The molecule has 0 bridgehead atoms.